The van der Waals surface area contributed by atoms with E-state index in [1.807, 2.05) is 23.5 Å². The van der Waals surface area contributed by atoms with E-state index >= 15 is 0 Å². The first kappa shape index (κ1) is 12.3. The Bertz CT molecular complexity index is 508. The van der Waals surface area contributed by atoms with Gasteiger partial charge in [-0.15, -0.1) is 11.3 Å². The van der Waals surface area contributed by atoms with Crippen LogP contribution in [0.2, 0.25) is 5.02 Å². The molecule has 0 aliphatic heterocycles. The summed E-state index contributed by atoms with van der Waals surface area (Å²) in [6.45, 7) is 2.97. The minimum absolute atomic E-state index is 0.664. The van der Waals surface area contributed by atoms with E-state index < -0.39 is 0 Å². The van der Waals surface area contributed by atoms with Crippen molar-refractivity contribution >= 4 is 34.3 Å². The Hall–Kier alpha value is -1.19. The van der Waals surface area contributed by atoms with E-state index in [0.29, 0.717) is 10.7 Å². The lowest BCUT2D eigenvalue weighted by molar-refractivity contribution is 1.19. The molecule has 0 unspecified atom stereocenters. The monoisotopic (exact) mass is 266 g/mol. The quantitative estimate of drug-likeness (QED) is 0.816. The molecule has 3 N–H and O–H groups in total. The van der Waals surface area contributed by atoms with E-state index in [9.17, 15) is 0 Å². The van der Waals surface area contributed by atoms with Crippen molar-refractivity contribution in [3.8, 4) is 0 Å². The highest BCUT2D eigenvalue weighted by Crippen LogP contribution is 2.24. The molecule has 1 aromatic carbocycles. The fourth-order valence-corrected chi connectivity index (χ4v) is 2.66. The molecule has 0 aliphatic rings. The zero-order chi connectivity index (χ0) is 12.3. The van der Waals surface area contributed by atoms with Crippen LogP contribution in [0, 0.1) is 0 Å². The highest BCUT2D eigenvalue weighted by Gasteiger charge is 2.01. The van der Waals surface area contributed by atoms with Gasteiger partial charge in [-0.1, -0.05) is 18.5 Å². The Balaban J connectivity index is 2.02. The topological polar surface area (TPSA) is 38.0 Å². The van der Waals surface area contributed by atoms with Crippen molar-refractivity contribution in [1.82, 2.24) is 0 Å². The molecule has 0 aliphatic carbocycles. The number of halogens is 1. The van der Waals surface area contributed by atoms with Crippen LogP contribution in [0.1, 0.15) is 16.7 Å². The molecule has 0 saturated heterocycles. The maximum Gasteiger partial charge on any atom is 0.0577 e. The second kappa shape index (κ2) is 5.43. The number of thiophene rings is 1. The third-order valence-electron chi connectivity index (χ3n) is 2.53. The summed E-state index contributed by atoms with van der Waals surface area (Å²) in [5, 5.41) is 3.98. The first-order valence-electron chi connectivity index (χ1n) is 5.55. The summed E-state index contributed by atoms with van der Waals surface area (Å²) in [5.41, 5.74) is 7.49. The van der Waals surface area contributed by atoms with Crippen LogP contribution in [0.15, 0.2) is 30.3 Å². The highest BCUT2D eigenvalue weighted by molar-refractivity contribution is 7.12. The Morgan fingerprint density at radius 2 is 2.00 bits per heavy atom. The summed E-state index contributed by atoms with van der Waals surface area (Å²) in [7, 11) is 0. The minimum Gasteiger partial charge on any atom is -0.397 e. The van der Waals surface area contributed by atoms with Crippen molar-refractivity contribution in [2.75, 3.05) is 11.1 Å². The van der Waals surface area contributed by atoms with Gasteiger partial charge in [0.1, 0.15) is 0 Å². The van der Waals surface area contributed by atoms with Crippen molar-refractivity contribution in [1.29, 1.82) is 0 Å². The normalized spacial score (nSPS) is 10.5. The summed E-state index contributed by atoms with van der Waals surface area (Å²) in [6.07, 6.45) is 1.09. The third kappa shape index (κ3) is 3.14. The van der Waals surface area contributed by atoms with Gasteiger partial charge < -0.3 is 11.1 Å². The van der Waals surface area contributed by atoms with Crippen LogP contribution >= 0.6 is 22.9 Å². The van der Waals surface area contributed by atoms with Gasteiger partial charge in [0.25, 0.3) is 0 Å². The molecular formula is C13H15ClN2S. The highest BCUT2D eigenvalue weighted by atomic mass is 35.5. The maximum absolute atomic E-state index is 5.87. The summed E-state index contributed by atoms with van der Waals surface area (Å²) >= 11 is 7.68. The van der Waals surface area contributed by atoms with Gasteiger partial charge in [0, 0.05) is 21.3 Å². The molecule has 0 amide bonds. The molecule has 17 heavy (non-hydrogen) atoms. The number of nitrogen functional groups attached to an aromatic ring is 1. The molecule has 1 aromatic heterocycles. The van der Waals surface area contributed by atoms with Crippen molar-refractivity contribution in [3.63, 3.8) is 0 Å². The second-order valence-electron chi connectivity index (χ2n) is 3.81. The Morgan fingerprint density at radius 1 is 1.24 bits per heavy atom. The molecule has 1 heterocycles. The van der Waals surface area contributed by atoms with Crippen LogP contribution in [-0.4, -0.2) is 0 Å². The number of nitrogens with two attached hydrogens (primary N) is 1. The fraction of sp³-hybridized carbons (Fsp3) is 0.231. The number of hydrogen-bond acceptors (Lipinski definition) is 3. The Labute approximate surface area is 110 Å². The van der Waals surface area contributed by atoms with Crippen LogP contribution < -0.4 is 11.1 Å². The summed E-state index contributed by atoms with van der Waals surface area (Å²) in [6, 6.07) is 9.84. The molecule has 2 aromatic rings. The average Bonchev–Trinajstić information content (AvgIpc) is 2.76. The lowest BCUT2D eigenvalue weighted by Crippen LogP contribution is -2.00. The fourth-order valence-electron chi connectivity index (χ4n) is 1.58. The molecule has 2 nitrogen and oxygen atoms in total. The van der Waals surface area contributed by atoms with E-state index in [-0.39, 0.29) is 0 Å². The Kier molecular flexibility index (Phi) is 3.92. The molecule has 4 heteroatoms. The largest absolute Gasteiger partial charge is 0.397 e. The molecular weight excluding hydrogens is 252 g/mol. The van der Waals surface area contributed by atoms with E-state index in [2.05, 4.69) is 24.4 Å². The predicted molar refractivity (Wildman–Crippen MR) is 76.9 cm³/mol. The standard InChI is InChI=1S/C13H15ClN2S/c1-2-10-4-5-11(17-10)8-16-13-6-3-9(14)7-12(13)15/h3-7,16H,2,8,15H2,1H3. The van der Waals surface area contributed by atoms with Crippen LogP contribution in [0.4, 0.5) is 11.4 Å². The second-order valence-corrected chi connectivity index (χ2v) is 5.50. The van der Waals surface area contributed by atoms with Gasteiger partial charge in [-0.05, 0) is 36.8 Å². The van der Waals surface area contributed by atoms with Crippen molar-refractivity contribution < 1.29 is 0 Å². The Morgan fingerprint density at radius 3 is 2.65 bits per heavy atom. The maximum atomic E-state index is 5.87. The van der Waals surface area contributed by atoms with Crippen LogP contribution in [-0.2, 0) is 13.0 Å². The van der Waals surface area contributed by atoms with Crippen molar-refractivity contribution in [2.45, 2.75) is 19.9 Å². The smallest absolute Gasteiger partial charge is 0.0577 e. The van der Waals surface area contributed by atoms with Gasteiger partial charge in [-0.2, -0.15) is 0 Å². The summed E-state index contributed by atoms with van der Waals surface area (Å²) in [5.74, 6) is 0. The summed E-state index contributed by atoms with van der Waals surface area (Å²) in [4.78, 5) is 2.72. The van der Waals surface area contributed by atoms with Gasteiger partial charge in [-0.3, -0.25) is 0 Å². The van der Waals surface area contributed by atoms with Gasteiger partial charge >= 0.3 is 0 Å². The number of rotatable bonds is 4. The zero-order valence-corrected chi connectivity index (χ0v) is 11.2. The first-order chi connectivity index (χ1) is 8.19. The third-order valence-corrected chi connectivity index (χ3v) is 4.00. The van der Waals surface area contributed by atoms with Gasteiger partial charge in [0.05, 0.1) is 11.4 Å². The molecule has 0 radical (unpaired) electrons. The van der Waals surface area contributed by atoms with Gasteiger partial charge in [-0.25, -0.2) is 0 Å². The molecule has 0 atom stereocenters. The van der Waals surface area contributed by atoms with Gasteiger partial charge in [0.15, 0.2) is 0 Å². The predicted octanol–water partition coefficient (Wildman–Crippen LogP) is 4.16. The average molecular weight is 267 g/mol. The van der Waals surface area contributed by atoms with E-state index in [0.717, 1.165) is 18.7 Å². The molecule has 0 fully saturated rings. The molecule has 90 valence electrons. The number of anilines is 2. The SMILES string of the molecule is CCc1ccc(CNc2ccc(Cl)cc2N)s1. The minimum atomic E-state index is 0.664. The molecule has 2 rings (SSSR count). The zero-order valence-electron chi connectivity index (χ0n) is 9.66. The molecule has 0 spiro atoms. The number of nitrogens with one attached hydrogen (secondary N) is 1. The lowest BCUT2D eigenvalue weighted by Gasteiger charge is -2.08. The van der Waals surface area contributed by atoms with Crippen molar-refractivity contribution in [2.24, 2.45) is 0 Å². The van der Waals surface area contributed by atoms with Crippen molar-refractivity contribution in [3.05, 3.63) is 45.1 Å². The van der Waals surface area contributed by atoms with E-state index in [4.69, 9.17) is 17.3 Å². The summed E-state index contributed by atoms with van der Waals surface area (Å²) < 4.78 is 0. The lowest BCUT2D eigenvalue weighted by atomic mass is 10.2. The van der Waals surface area contributed by atoms with E-state index in [1.54, 1.807) is 6.07 Å². The number of hydrogen-bond donors (Lipinski definition) is 2. The molecule has 0 saturated carbocycles. The number of benzene rings is 1. The molecule has 0 bridgehead atoms. The first-order valence-corrected chi connectivity index (χ1v) is 6.75. The van der Waals surface area contributed by atoms with Gasteiger partial charge in [0.2, 0.25) is 0 Å². The van der Waals surface area contributed by atoms with Crippen LogP contribution in [0.3, 0.4) is 0 Å². The van der Waals surface area contributed by atoms with Crippen LogP contribution in [0.25, 0.3) is 0 Å². The number of aryl methyl sites for hydroxylation is 1. The van der Waals surface area contributed by atoms with Crippen LogP contribution in [0.5, 0.6) is 0 Å². The van der Waals surface area contributed by atoms with E-state index in [1.165, 1.54) is 9.75 Å².